The molecule has 0 spiro atoms. The number of nitrogens with one attached hydrogen (secondary N) is 1. The zero-order valence-electron chi connectivity index (χ0n) is 10.9. The van der Waals surface area contributed by atoms with Gasteiger partial charge in [-0.2, -0.15) is 0 Å². The maximum atomic E-state index is 11.8. The summed E-state index contributed by atoms with van der Waals surface area (Å²) in [6.45, 7) is 4.44. The lowest BCUT2D eigenvalue weighted by Gasteiger charge is -2.12. The Labute approximate surface area is 108 Å². The van der Waals surface area contributed by atoms with Gasteiger partial charge in [0, 0.05) is 24.9 Å². The number of benzene rings is 1. The van der Waals surface area contributed by atoms with Crippen LogP contribution in [0.25, 0.3) is 0 Å². The Morgan fingerprint density at radius 1 is 1.33 bits per heavy atom. The Morgan fingerprint density at radius 3 is 2.61 bits per heavy atom. The van der Waals surface area contributed by atoms with Crippen LogP contribution in [0.5, 0.6) is 0 Å². The van der Waals surface area contributed by atoms with Gasteiger partial charge in [-0.15, -0.1) is 0 Å². The van der Waals surface area contributed by atoms with Crippen LogP contribution in [0.3, 0.4) is 0 Å². The van der Waals surface area contributed by atoms with E-state index in [0.717, 1.165) is 0 Å². The van der Waals surface area contributed by atoms with Crippen LogP contribution in [-0.2, 0) is 9.09 Å². The number of hydrogen-bond acceptors (Lipinski definition) is 3. The van der Waals surface area contributed by atoms with Crippen LogP contribution >= 0.6 is 7.37 Å². The topological polar surface area (TPSA) is 55.4 Å². The molecule has 1 amide bonds. The summed E-state index contributed by atoms with van der Waals surface area (Å²) in [6.07, 6.45) is 1.16. The van der Waals surface area contributed by atoms with E-state index in [1.165, 1.54) is 0 Å². The first-order valence-corrected chi connectivity index (χ1v) is 8.35. The fourth-order valence-electron chi connectivity index (χ4n) is 1.60. The van der Waals surface area contributed by atoms with E-state index in [1.807, 2.05) is 25.1 Å². The van der Waals surface area contributed by atoms with Crippen LogP contribution in [-0.4, -0.2) is 31.9 Å². The monoisotopic (exact) mass is 269 g/mol. The van der Waals surface area contributed by atoms with E-state index in [0.29, 0.717) is 31.3 Å². The molecule has 0 aromatic heterocycles. The summed E-state index contributed by atoms with van der Waals surface area (Å²) in [5.41, 5.74) is 0.641. The number of rotatable bonds is 7. The van der Waals surface area contributed by atoms with Gasteiger partial charge < -0.3 is 9.84 Å². The lowest BCUT2D eigenvalue weighted by atomic mass is 10.2. The predicted molar refractivity (Wildman–Crippen MR) is 73.4 cm³/mol. The molecule has 1 rings (SSSR count). The molecule has 4 nitrogen and oxygen atoms in total. The summed E-state index contributed by atoms with van der Waals surface area (Å²) in [7, 11) is -2.48. The fourth-order valence-corrected chi connectivity index (χ4v) is 3.01. The van der Waals surface area contributed by atoms with Crippen molar-refractivity contribution in [1.29, 1.82) is 0 Å². The maximum Gasteiger partial charge on any atom is 0.251 e. The zero-order valence-corrected chi connectivity index (χ0v) is 11.8. The molecule has 0 saturated carbocycles. The molecule has 0 bridgehead atoms. The lowest BCUT2D eigenvalue weighted by molar-refractivity contribution is 0.0953. The highest BCUT2D eigenvalue weighted by Crippen LogP contribution is 2.42. The van der Waals surface area contributed by atoms with Crippen LogP contribution in [0.15, 0.2) is 30.3 Å². The van der Waals surface area contributed by atoms with Crippen molar-refractivity contribution in [3.8, 4) is 0 Å². The third-order valence-electron chi connectivity index (χ3n) is 2.46. The van der Waals surface area contributed by atoms with Gasteiger partial charge >= 0.3 is 0 Å². The molecule has 1 aromatic rings. The van der Waals surface area contributed by atoms with Crippen molar-refractivity contribution in [2.24, 2.45) is 0 Å². The van der Waals surface area contributed by atoms with Crippen molar-refractivity contribution >= 4 is 13.3 Å². The standard InChI is InChI=1S/C13H20NO3P/c1-3-17-18(2,16)11-7-10-14-13(15)12-8-5-4-6-9-12/h4-6,8-9H,3,7,10-11H2,1-2H3,(H,14,15). The average Bonchev–Trinajstić information content (AvgIpc) is 2.35. The van der Waals surface area contributed by atoms with Crippen molar-refractivity contribution < 1.29 is 13.9 Å². The first-order chi connectivity index (χ1) is 8.55. The van der Waals surface area contributed by atoms with E-state index in [2.05, 4.69) is 5.32 Å². The van der Waals surface area contributed by atoms with E-state index >= 15 is 0 Å². The molecule has 0 aliphatic carbocycles. The van der Waals surface area contributed by atoms with E-state index in [9.17, 15) is 9.36 Å². The largest absolute Gasteiger partial charge is 0.352 e. The SMILES string of the molecule is CCOP(C)(=O)CCCNC(=O)c1ccccc1. The minimum atomic E-state index is -2.48. The molecule has 1 atom stereocenters. The van der Waals surface area contributed by atoms with Crippen LogP contribution < -0.4 is 5.32 Å². The van der Waals surface area contributed by atoms with Crippen molar-refractivity contribution in [2.75, 3.05) is 26.0 Å². The van der Waals surface area contributed by atoms with Gasteiger partial charge in [0.15, 0.2) is 7.37 Å². The summed E-state index contributed by atoms with van der Waals surface area (Å²) in [5, 5.41) is 2.80. The van der Waals surface area contributed by atoms with Gasteiger partial charge in [-0.05, 0) is 25.5 Å². The zero-order chi connectivity index (χ0) is 13.4. The van der Waals surface area contributed by atoms with Crippen LogP contribution in [0, 0.1) is 0 Å². The van der Waals surface area contributed by atoms with E-state index in [1.54, 1.807) is 18.8 Å². The smallest absolute Gasteiger partial charge is 0.251 e. The molecule has 0 radical (unpaired) electrons. The highest BCUT2D eigenvalue weighted by atomic mass is 31.2. The van der Waals surface area contributed by atoms with Crippen molar-refractivity contribution in [2.45, 2.75) is 13.3 Å². The Balaban J connectivity index is 2.27. The number of hydrogen-bond donors (Lipinski definition) is 1. The first kappa shape index (κ1) is 14.9. The lowest BCUT2D eigenvalue weighted by Crippen LogP contribution is -2.24. The summed E-state index contributed by atoms with van der Waals surface area (Å²) in [4.78, 5) is 11.7. The molecule has 1 N–H and O–H groups in total. The van der Waals surface area contributed by atoms with Gasteiger partial charge in [-0.25, -0.2) is 0 Å². The molecular formula is C13H20NO3P. The molecule has 1 aromatic carbocycles. The van der Waals surface area contributed by atoms with Gasteiger partial charge in [0.25, 0.3) is 5.91 Å². The van der Waals surface area contributed by atoms with E-state index in [-0.39, 0.29) is 5.91 Å². The Morgan fingerprint density at radius 2 is 2.00 bits per heavy atom. The highest BCUT2D eigenvalue weighted by molar-refractivity contribution is 7.58. The van der Waals surface area contributed by atoms with Crippen LogP contribution in [0.4, 0.5) is 0 Å². The first-order valence-electron chi connectivity index (χ1n) is 6.09. The second-order valence-electron chi connectivity index (χ2n) is 4.13. The van der Waals surface area contributed by atoms with Crippen molar-refractivity contribution in [3.05, 3.63) is 35.9 Å². The van der Waals surface area contributed by atoms with Gasteiger partial charge in [-0.1, -0.05) is 18.2 Å². The quantitative estimate of drug-likeness (QED) is 0.611. The normalized spacial score (nSPS) is 13.9. The second kappa shape index (κ2) is 7.34. The Bertz CT molecular complexity index is 420. The minimum absolute atomic E-state index is 0.0991. The summed E-state index contributed by atoms with van der Waals surface area (Å²) in [5.74, 6) is -0.0991. The molecule has 18 heavy (non-hydrogen) atoms. The summed E-state index contributed by atoms with van der Waals surface area (Å²) < 4.78 is 17.0. The molecule has 100 valence electrons. The number of amides is 1. The molecule has 0 aliphatic rings. The van der Waals surface area contributed by atoms with E-state index < -0.39 is 7.37 Å². The molecule has 0 aliphatic heterocycles. The van der Waals surface area contributed by atoms with Crippen LogP contribution in [0.1, 0.15) is 23.7 Å². The number of carbonyl (C=O) groups excluding carboxylic acids is 1. The fraction of sp³-hybridized carbons (Fsp3) is 0.462. The molecular weight excluding hydrogens is 249 g/mol. The second-order valence-corrected chi connectivity index (χ2v) is 6.86. The highest BCUT2D eigenvalue weighted by Gasteiger charge is 2.14. The molecule has 0 fully saturated rings. The maximum absolute atomic E-state index is 11.8. The third kappa shape index (κ3) is 5.48. The van der Waals surface area contributed by atoms with Gasteiger partial charge in [-0.3, -0.25) is 9.36 Å². The minimum Gasteiger partial charge on any atom is -0.352 e. The Hall–Kier alpha value is -1.12. The van der Waals surface area contributed by atoms with Gasteiger partial charge in [0.05, 0.1) is 6.61 Å². The number of carbonyl (C=O) groups is 1. The van der Waals surface area contributed by atoms with Crippen molar-refractivity contribution in [3.63, 3.8) is 0 Å². The Kier molecular flexibility index (Phi) is 6.10. The average molecular weight is 269 g/mol. The molecule has 0 heterocycles. The molecule has 0 saturated heterocycles. The predicted octanol–water partition coefficient (Wildman–Crippen LogP) is 2.75. The third-order valence-corrected chi connectivity index (χ3v) is 4.40. The van der Waals surface area contributed by atoms with Gasteiger partial charge in [0.1, 0.15) is 0 Å². The molecule has 5 heteroatoms. The van der Waals surface area contributed by atoms with Gasteiger partial charge in [0.2, 0.25) is 0 Å². The summed E-state index contributed by atoms with van der Waals surface area (Å²) >= 11 is 0. The van der Waals surface area contributed by atoms with Crippen LogP contribution in [0.2, 0.25) is 0 Å². The van der Waals surface area contributed by atoms with Crippen molar-refractivity contribution in [1.82, 2.24) is 5.32 Å². The summed E-state index contributed by atoms with van der Waals surface area (Å²) in [6, 6.07) is 9.04. The molecule has 1 unspecified atom stereocenters. The van der Waals surface area contributed by atoms with E-state index in [4.69, 9.17) is 4.52 Å².